The second-order valence-corrected chi connectivity index (χ2v) is 4.72. The molecule has 0 saturated carbocycles. The third-order valence-electron chi connectivity index (χ3n) is 2.03. The molecule has 0 fully saturated rings. The predicted octanol–water partition coefficient (Wildman–Crippen LogP) is 4.98. The molecule has 13 heavy (non-hydrogen) atoms. The summed E-state index contributed by atoms with van der Waals surface area (Å²) < 4.78 is 9.50. The third-order valence-corrected chi connectivity index (χ3v) is 2.03. The summed E-state index contributed by atoms with van der Waals surface area (Å²) in [5, 5.41) is 0. The van der Waals surface area contributed by atoms with Gasteiger partial charge >= 0.3 is 0 Å². The van der Waals surface area contributed by atoms with Crippen molar-refractivity contribution in [2.75, 3.05) is 7.18 Å². The van der Waals surface area contributed by atoms with Gasteiger partial charge in [0.2, 0.25) is 0 Å². The largest absolute Gasteiger partial charge is 0.255 e. The van der Waals surface area contributed by atoms with Gasteiger partial charge in [-0.25, -0.2) is 0 Å². The van der Waals surface area contributed by atoms with Crippen LogP contribution in [-0.4, -0.2) is 7.18 Å². The summed E-state index contributed by atoms with van der Waals surface area (Å²) in [5.74, 6) is 0. The van der Waals surface area contributed by atoms with E-state index in [1.807, 2.05) is 0 Å². The van der Waals surface area contributed by atoms with Crippen LogP contribution in [-0.2, 0) is 0 Å². The minimum atomic E-state index is 0.500. The van der Waals surface area contributed by atoms with Crippen molar-refractivity contribution in [3.05, 3.63) is 0 Å². The molecule has 0 aliphatic carbocycles. The maximum atomic E-state index is 9.50. The Bertz CT molecular complexity index is 81.6. The van der Waals surface area contributed by atoms with E-state index in [1.54, 1.807) is 0 Å². The number of unbranched alkanes of at least 4 members (excludes halogenated alkanes) is 4. The van der Waals surface area contributed by atoms with Crippen LogP contribution >= 0.6 is 0 Å². The Morgan fingerprint density at radius 3 is 1.69 bits per heavy atom. The number of rotatable bonds is 5. The van der Waals surface area contributed by atoms with Gasteiger partial charge in [-0.15, -0.1) is 0 Å². The maximum absolute atomic E-state index is 9.50. The summed E-state index contributed by atoms with van der Waals surface area (Å²) in [6.07, 6.45) is 8.46. The van der Waals surface area contributed by atoms with E-state index in [2.05, 4.69) is 27.7 Å². The normalized spacial score (nSPS) is 10.6. The van der Waals surface area contributed by atoms with Crippen molar-refractivity contribution < 1.29 is 4.39 Å². The van der Waals surface area contributed by atoms with Gasteiger partial charge in [0.05, 0.1) is 7.18 Å². The van der Waals surface area contributed by atoms with E-state index in [1.165, 1.54) is 38.5 Å². The number of alkyl halides is 1. The Kier molecular flexibility index (Phi) is 11.9. The average molecular weight is 190 g/mol. The summed E-state index contributed by atoms with van der Waals surface area (Å²) in [6.45, 7) is 9.25. The fourth-order valence-electron chi connectivity index (χ4n) is 1.26. The number of hydrogen-bond donors (Lipinski definition) is 0. The highest BCUT2D eigenvalue weighted by atomic mass is 19.1. The second-order valence-electron chi connectivity index (χ2n) is 4.72. The molecule has 0 saturated heterocycles. The van der Waals surface area contributed by atoms with Crippen LogP contribution in [0.5, 0.6) is 0 Å². The minimum absolute atomic E-state index is 0.500. The first kappa shape index (κ1) is 15.4. The molecular weight excluding hydrogens is 163 g/mol. The zero-order chi connectivity index (χ0) is 10.7. The monoisotopic (exact) mass is 190 g/mol. The van der Waals surface area contributed by atoms with Gasteiger partial charge in [0.15, 0.2) is 0 Å². The Hall–Kier alpha value is -0.0700. The molecule has 0 aliphatic heterocycles. The molecule has 0 unspecified atom stereocenters. The van der Waals surface area contributed by atoms with E-state index >= 15 is 0 Å². The van der Waals surface area contributed by atoms with E-state index < -0.39 is 0 Å². The molecule has 0 aliphatic rings. The van der Waals surface area contributed by atoms with Gasteiger partial charge in [0, 0.05) is 0 Å². The Balaban J connectivity index is 0. The van der Waals surface area contributed by atoms with Gasteiger partial charge in [-0.05, 0) is 11.8 Å². The molecule has 0 aromatic carbocycles. The maximum Gasteiger partial charge on any atom is 0.0785 e. The first-order valence-corrected chi connectivity index (χ1v) is 5.44. The molecule has 0 amide bonds. The Morgan fingerprint density at radius 2 is 1.31 bits per heavy atom. The zero-order valence-corrected chi connectivity index (χ0v) is 10.1. The summed E-state index contributed by atoms with van der Waals surface area (Å²) in [6, 6.07) is 0. The van der Waals surface area contributed by atoms with Gasteiger partial charge < -0.3 is 0 Å². The lowest BCUT2D eigenvalue weighted by molar-refractivity contribution is 0.357. The van der Waals surface area contributed by atoms with E-state index in [0.717, 1.165) is 0 Å². The van der Waals surface area contributed by atoms with Gasteiger partial charge in [0.25, 0.3) is 0 Å². The van der Waals surface area contributed by atoms with Crippen LogP contribution in [0, 0.1) is 5.41 Å². The summed E-state index contributed by atoms with van der Waals surface area (Å²) in [7, 11) is 0.500. The van der Waals surface area contributed by atoms with Crippen molar-refractivity contribution in [1.82, 2.24) is 0 Å². The van der Waals surface area contributed by atoms with Gasteiger partial charge in [-0.3, -0.25) is 4.39 Å². The van der Waals surface area contributed by atoms with Crippen LogP contribution in [0.15, 0.2) is 0 Å². The topological polar surface area (TPSA) is 0 Å². The van der Waals surface area contributed by atoms with Crippen molar-refractivity contribution in [1.29, 1.82) is 0 Å². The summed E-state index contributed by atoms with van der Waals surface area (Å²) in [5.41, 5.74) is 0.548. The molecule has 0 heterocycles. The first-order valence-electron chi connectivity index (χ1n) is 5.44. The molecule has 0 atom stereocenters. The molecule has 0 radical (unpaired) electrons. The Labute approximate surface area is 83.9 Å². The molecule has 0 spiro atoms. The van der Waals surface area contributed by atoms with E-state index in [4.69, 9.17) is 0 Å². The van der Waals surface area contributed by atoms with Crippen molar-refractivity contribution in [3.8, 4) is 0 Å². The second kappa shape index (κ2) is 10.0. The van der Waals surface area contributed by atoms with Crippen molar-refractivity contribution in [3.63, 3.8) is 0 Å². The molecule has 82 valence electrons. The molecule has 0 aromatic heterocycles. The standard InChI is InChI=1S/C11H24.CH3F/c1-5-6-7-8-9-10-11(2,3)4;1-2/h5-10H2,1-4H3;1H3. The first-order chi connectivity index (χ1) is 6.06. The zero-order valence-electron chi connectivity index (χ0n) is 10.1. The minimum Gasteiger partial charge on any atom is -0.255 e. The molecular formula is C12H27F. The van der Waals surface area contributed by atoms with Crippen LogP contribution in [0.2, 0.25) is 0 Å². The summed E-state index contributed by atoms with van der Waals surface area (Å²) in [4.78, 5) is 0. The van der Waals surface area contributed by atoms with E-state index in [0.29, 0.717) is 12.6 Å². The van der Waals surface area contributed by atoms with E-state index in [-0.39, 0.29) is 0 Å². The quantitative estimate of drug-likeness (QED) is 0.536. The number of hydrogen-bond acceptors (Lipinski definition) is 0. The van der Waals surface area contributed by atoms with Crippen LogP contribution in [0.4, 0.5) is 4.39 Å². The molecule has 1 heteroatoms. The Morgan fingerprint density at radius 1 is 0.846 bits per heavy atom. The fraction of sp³-hybridized carbons (Fsp3) is 1.00. The lowest BCUT2D eigenvalue weighted by Gasteiger charge is -2.17. The van der Waals surface area contributed by atoms with Gasteiger partial charge in [-0.2, -0.15) is 0 Å². The van der Waals surface area contributed by atoms with Crippen LogP contribution < -0.4 is 0 Å². The van der Waals surface area contributed by atoms with Gasteiger partial charge in [0.1, 0.15) is 0 Å². The SMILES string of the molecule is CCCCCCCC(C)(C)C.CF. The van der Waals surface area contributed by atoms with Crippen LogP contribution in [0.1, 0.15) is 66.2 Å². The molecule has 0 rings (SSSR count). The molecule has 0 aromatic rings. The van der Waals surface area contributed by atoms with Crippen LogP contribution in [0.25, 0.3) is 0 Å². The number of halogens is 1. The van der Waals surface area contributed by atoms with Crippen molar-refractivity contribution >= 4 is 0 Å². The fourth-order valence-corrected chi connectivity index (χ4v) is 1.26. The summed E-state index contributed by atoms with van der Waals surface area (Å²) >= 11 is 0. The van der Waals surface area contributed by atoms with Gasteiger partial charge in [-0.1, -0.05) is 59.8 Å². The van der Waals surface area contributed by atoms with Crippen molar-refractivity contribution in [2.45, 2.75) is 66.2 Å². The molecule has 0 N–H and O–H groups in total. The lowest BCUT2D eigenvalue weighted by atomic mass is 9.89. The highest BCUT2D eigenvalue weighted by Gasteiger charge is 2.08. The average Bonchev–Trinajstić information content (AvgIpc) is 2.06. The van der Waals surface area contributed by atoms with Crippen molar-refractivity contribution in [2.24, 2.45) is 5.41 Å². The highest BCUT2D eigenvalue weighted by molar-refractivity contribution is 4.60. The smallest absolute Gasteiger partial charge is 0.0785 e. The molecule has 0 nitrogen and oxygen atoms in total. The predicted molar refractivity (Wildman–Crippen MR) is 59.9 cm³/mol. The van der Waals surface area contributed by atoms with E-state index in [9.17, 15) is 4.39 Å². The third kappa shape index (κ3) is 18.7. The lowest BCUT2D eigenvalue weighted by Crippen LogP contribution is -2.03. The highest BCUT2D eigenvalue weighted by Crippen LogP contribution is 2.22. The molecule has 0 bridgehead atoms. The van der Waals surface area contributed by atoms with Crippen LogP contribution in [0.3, 0.4) is 0 Å².